The zero-order valence-corrected chi connectivity index (χ0v) is 13.1. The minimum atomic E-state index is -0.899. The number of allylic oxidation sites excluding steroid dienone is 1. The van der Waals surface area contributed by atoms with Crippen molar-refractivity contribution in [2.75, 3.05) is 20.1 Å². The van der Waals surface area contributed by atoms with Gasteiger partial charge in [-0.3, -0.25) is 9.59 Å². The summed E-state index contributed by atoms with van der Waals surface area (Å²) in [6.45, 7) is 1.68. The van der Waals surface area contributed by atoms with Crippen LogP contribution in [0.4, 0.5) is 8.78 Å². The van der Waals surface area contributed by atoms with Gasteiger partial charge in [0, 0.05) is 13.6 Å². The Balaban J connectivity index is 2.47. The number of aliphatic hydroxyl groups excluding tert-OH is 1. The molecule has 23 heavy (non-hydrogen) atoms. The number of aryl methyl sites for hydroxylation is 1. The summed E-state index contributed by atoms with van der Waals surface area (Å²) in [5.41, 5.74) is 0.736. The normalized spacial score (nSPS) is 11.7. The summed E-state index contributed by atoms with van der Waals surface area (Å²) in [6.07, 6.45) is 1.56. The van der Waals surface area contributed by atoms with Crippen LogP contribution in [0.25, 0.3) is 0 Å². The Bertz CT molecular complexity index is 599. The largest absolute Gasteiger partial charge is 0.512 e. The molecule has 7 heteroatoms. The van der Waals surface area contributed by atoms with Crippen molar-refractivity contribution in [2.45, 2.75) is 19.8 Å². The number of hydrogen-bond donors (Lipinski definition) is 2. The predicted octanol–water partition coefficient (Wildman–Crippen LogP) is 1.93. The summed E-state index contributed by atoms with van der Waals surface area (Å²) in [4.78, 5) is 23.8. The van der Waals surface area contributed by atoms with E-state index in [2.05, 4.69) is 5.32 Å². The second kappa shape index (κ2) is 8.87. The monoisotopic (exact) mass is 326 g/mol. The maximum Gasteiger partial charge on any atom is 0.252 e. The number of hydrogen-bond acceptors (Lipinski definition) is 3. The maximum atomic E-state index is 13.1. The highest BCUT2D eigenvalue weighted by molar-refractivity contribution is 5.94. The molecule has 0 saturated heterocycles. The molecule has 126 valence electrons. The van der Waals surface area contributed by atoms with Gasteiger partial charge in [-0.15, -0.1) is 0 Å². The number of nitrogens with one attached hydrogen (secondary N) is 1. The fraction of sp³-hybridized carbons (Fsp3) is 0.375. The van der Waals surface area contributed by atoms with Gasteiger partial charge in [-0.1, -0.05) is 6.07 Å². The van der Waals surface area contributed by atoms with E-state index in [1.807, 2.05) is 0 Å². The molecule has 0 saturated carbocycles. The Morgan fingerprint density at radius 1 is 1.35 bits per heavy atom. The summed E-state index contributed by atoms with van der Waals surface area (Å²) >= 11 is 0. The first-order valence-corrected chi connectivity index (χ1v) is 7.11. The Labute approximate surface area is 133 Å². The van der Waals surface area contributed by atoms with E-state index in [1.165, 1.54) is 24.9 Å². The minimum absolute atomic E-state index is 0.000833. The molecule has 0 spiro atoms. The van der Waals surface area contributed by atoms with Gasteiger partial charge < -0.3 is 15.3 Å². The average Bonchev–Trinajstić information content (AvgIpc) is 2.51. The number of nitrogens with zero attached hydrogens (tertiary/aromatic N) is 1. The SMILES string of the molecule is C/C(O)=C(\CN(C)C=O)C(=O)NCCCc1ccc(F)c(F)c1. The lowest BCUT2D eigenvalue weighted by atomic mass is 10.1. The van der Waals surface area contributed by atoms with Gasteiger partial charge in [-0.25, -0.2) is 8.78 Å². The molecule has 0 aliphatic carbocycles. The summed E-state index contributed by atoms with van der Waals surface area (Å²) in [5, 5.41) is 12.1. The van der Waals surface area contributed by atoms with E-state index in [-0.39, 0.29) is 17.9 Å². The number of halogens is 2. The van der Waals surface area contributed by atoms with Gasteiger partial charge in [0.1, 0.15) is 0 Å². The van der Waals surface area contributed by atoms with Gasteiger partial charge in [0.2, 0.25) is 6.41 Å². The molecule has 0 atom stereocenters. The van der Waals surface area contributed by atoms with Crippen molar-refractivity contribution in [1.29, 1.82) is 0 Å². The van der Waals surface area contributed by atoms with E-state index in [0.717, 1.165) is 12.1 Å². The molecule has 0 bridgehead atoms. The summed E-state index contributed by atoms with van der Waals surface area (Å²) in [5.74, 6) is -2.42. The standard InChI is InChI=1S/C16H20F2N2O3/c1-11(22)13(9-20(2)10-21)16(23)19-7-3-4-12-5-6-14(17)15(18)8-12/h5-6,8,10,22H,3-4,7,9H2,1-2H3,(H,19,23)/b13-11-. The highest BCUT2D eigenvalue weighted by atomic mass is 19.2. The highest BCUT2D eigenvalue weighted by Crippen LogP contribution is 2.10. The molecule has 0 heterocycles. The molecule has 0 aromatic heterocycles. The fourth-order valence-corrected chi connectivity index (χ4v) is 1.93. The van der Waals surface area contributed by atoms with Crippen molar-refractivity contribution in [1.82, 2.24) is 10.2 Å². The second-order valence-corrected chi connectivity index (χ2v) is 5.19. The summed E-state index contributed by atoms with van der Waals surface area (Å²) < 4.78 is 25.9. The number of carbonyl (C=O) groups excluding carboxylic acids is 2. The lowest BCUT2D eigenvalue weighted by Gasteiger charge is -2.14. The molecule has 1 aromatic carbocycles. The van der Waals surface area contributed by atoms with Crippen LogP contribution in [0.15, 0.2) is 29.5 Å². The first-order chi connectivity index (χ1) is 10.8. The number of benzene rings is 1. The first kappa shape index (κ1) is 18.6. The number of amides is 2. The van der Waals surface area contributed by atoms with Crippen molar-refractivity contribution in [3.8, 4) is 0 Å². The van der Waals surface area contributed by atoms with Gasteiger partial charge in [0.05, 0.1) is 17.9 Å². The molecule has 2 amide bonds. The molecule has 0 radical (unpaired) electrons. The van der Waals surface area contributed by atoms with E-state index >= 15 is 0 Å². The zero-order valence-electron chi connectivity index (χ0n) is 13.1. The third kappa shape index (κ3) is 6.06. The zero-order chi connectivity index (χ0) is 17.4. The van der Waals surface area contributed by atoms with E-state index in [1.54, 1.807) is 0 Å². The van der Waals surface area contributed by atoms with Crippen LogP contribution in [0.2, 0.25) is 0 Å². The van der Waals surface area contributed by atoms with E-state index in [9.17, 15) is 23.5 Å². The van der Waals surface area contributed by atoms with Crippen LogP contribution in [0, 0.1) is 11.6 Å². The second-order valence-electron chi connectivity index (χ2n) is 5.19. The maximum absolute atomic E-state index is 13.1. The van der Waals surface area contributed by atoms with Crippen LogP contribution in [-0.4, -0.2) is 42.5 Å². The summed E-state index contributed by atoms with van der Waals surface area (Å²) in [7, 11) is 1.49. The third-order valence-corrected chi connectivity index (χ3v) is 3.21. The van der Waals surface area contributed by atoms with Gasteiger partial charge in [0.25, 0.3) is 5.91 Å². The third-order valence-electron chi connectivity index (χ3n) is 3.21. The van der Waals surface area contributed by atoms with Crippen LogP contribution < -0.4 is 5.32 Å². The first-order valence-electron chi connectivity index (χ1n) is 7.11. The number of likely N-dealkylation sites (N-methyl/N-ethyl adjacent to an activating group) is 1. The Hall–Kier alpha value is -2.44. The van der Waals surface area contributed by atoms with Gasteiger partial charge >= 0.3 is 0 Å². The smallest absolute Gasteiger partial charge is 0.252 e. The van der Waals surface area contributed by atoms with E-state index < -0.39 is 17.5 Å². The van der Waals surface area contributed by atoms with Gasteiger partial charge in [0.15, 0.2) is 11.6 Å². The Kier molecular flexibility index (Phi) is 7.18. The molecule has 1 rings (SSSR count). The van der Waals surface area contributed by atoms with Gasteiger partial charge in [-0.05, 0) is 37.5 Å². The van der Waals surface area contributed by atoms with Crippen molar-refractivity contribution in [3.63, 3.8) is 0 Å². The lowest BCUT2D eigenvalue weighted by molar-refractivity contribution is -0.118. The van der Waals surface area contributed by atoms with E-state index in [4.69, 9.17) is 0 Å². The molecule has 2 N–H and O–H groups in total. The topological polar surface area (TPSA) is 69.6 Å². The molecular weight excluding hydrogens is 306 g/mol. The molecule has 1 aromatic rings. The minimum Gasteiger partial charge on any atom is -0.512 e. The number of carbonyl (C=O) groups is 2. The van der Waals surface area contributed by atoms with Gasteiger partial charge in [-0.2, -0.15) is 0 Å². The fourth-order valence-electron chi connectivity index (χ4n) is 1.93. The van der Waals surface area contributed by atoms with Crippen LogP contribution in [0.1, 0.15) is 18.9 Å². The number of aliphatic hydroxyl groups is 1. The Morgan fingerprint density at radius 3 is 2.61 bits per heavy atom. The lowest BCUT2D eigenvalue weighted by Crippen LogP contribution is -2.32. The van der Waals surface area contributed by atoms with Crippen LogP contribution in [0.5, 0.6) is 0 Å². The molecular formula is C16H20F2N2O3. The molecule has 0 aliphatic heterocycles. The summed E-state index contributed by atoms with van der Waals surface area (Å²) in [6, 6.07) is 3.68. The van der Waals surface area contributed by atoms with Crippen LogP contribution in [-0.2, 0) is 16.0 Å². The van der Waals surface area contributed by atoms with Crippen molar-refractivity contribution >= 4 is 12.3 Å². The van der Waals surface area contributed by atoms with Crippen molar-refractivity contribution in [2.24, 2.45) is 0 Å². The molecule has 0 fully saturated rings. The predicted molar refractivity (Wildman–Crippen MR) is 81.7 cm³/mol. The van der Waals surface area contributed by atoms with Crippen molar-refractivity contribution < 1.29 is 23.5 Å². The number of rotatable bonds is 8. The van der Waals surface area contributed by atoms with Crippen molar-refractivity contribution in [3.05, 3.63) is 46.7 Å². The van der Waals surface area contributed by atoms with E-state index in [0.29, 0.717) is 31.4 Å². The van der Waals surface area contributed by atoms with Crippen LogP contribution in [0.3, 0.4) is 0 Å². The molecule has 0 aliphatic rings. The highest BCUT2D eigenvalue weighted by Gasteiger charge is 2.14. The molecule has 5 nitrogen and oxygen atoms in total. The van der Waals surface area contributed by atoms with Crippen LogP contribution >= 0.6 is 0 Å². The quantitative estimate of drug-likeness (QED) is 0.332. The average molecular weight is 326 g/mol. The Morgan fingerprint density at radius 2 is 2.04 bits per heavy atom. The molecule has 0 unspecified atom stereocenters.